The smallest absolute Gasteiger partial charge is 0.129 e. The highest BCUT2D eigenvalue weighted by Gasteiger charge is 2.23. The molecule has 0 saturated carbocycles. The summed E-state index contributed by atoms with van der Waals surface area (Å²) in [5.41, 5.74) is 3.75. The van der Waals surface area contributed by atoms with Crippen LogP contribution in [0.3, 0.4) is 0 Å². The van der Waals surface area contributed by atoms with E-state index in [1.165, 1.54) is 58.3 Å². The second-order valence-electron chi connectivity index (χ2n) is 7.73. The highest BCUT2D eigenvalue weighted by Crippen LogP contribution is 2.48. The Hall–Kier alpha value is -3.50. The molecular weight excluding hydrogens is 390 g/mol. The zero-order valence-electron chi connectivity index (χ0n) is 16.5. The molecule has 30 heavy (non-hydrogen) atoms. The summed E-state index contributed by atoms with van der Waals surface area (Å²) >= 11 is 1.85. The fourth-order valence-corrected chi connectivity index (χ4v) is 6.22. The Kier molecular flexibility index (Phi) is 3.02. The molecule has 0 aliphatic carbocycles. The van der Waals surface area contributed by atoms with Gasteiger partial charge in [-0.2, -0.15) is 0 Å². The van der Waals surface area contributed by atoms with Crippen molar-refractivity contribution in [3.05, 3.63) is 66.7 Å². The molecular formula is C26H17NO2S. The maximum Gasteiger partial charge on any atom is 0.129 e. The van der Waals surface area contributed by atoms with E-state index in [0.29, 0.717) is 0 Å². The van der Waals surface area contributed by atoms with Crippen LogP contribution in [0, 0.1) is 0 Å². The standard InChI is InChI=1S/C26H17NO2S/c1-28-16-8-7-14-12-19-17-9-10-21(29-2)23-24(17)27(20(19)13-15(14)11-16)25-18-5-3-4-6-22(18)30-26(23)25/h3-13H,1-2H3. The van der Waals surface area contributed by atoms with Crippen molar-refractivity contribution in [3.63, 3.8) is 0 Å². The number of methoxy groups -OCH3 is 2. The van der Waals surface area contributed by atoms with E-state index in [0.717, 1.165) is 11.5 Å². The van der Waals surface area contributed by atoms with Gasteiger partial charge in [0.2, 0.25) is 0 Å². The first-order chi connectivity index (χ1) is 14.8. The van der Waals surface area contributed by atoms with Gasteiger partial charge >= 0.3 is 0 Å². The van der Waals surface area contributed by atoms with Crippen molar-refractivity contribution in [2.24, 2.45) is 0 Å². The largest absolute Gasteiger partial charge is 0.497 e. The van der Waals surface area contributed by atoms with Crippen LogP contribution in [0.25, 0.3) is 58.3 Å². The van der Waals surface area contributed by atoms with E-state index in [-0.39, 0.29) is 0 Å². The van der Waals surface area contributed by atoms with E-state index in [2.05, 4.69) is 65.1 Å². The Labute approximate surface area is 176 Å². The first kappa shape index (κ1) is 16.3. The van der Waals surface area contributed by atoms with E-state index in [9.17, 15) is 0 Å². The van der Waals surface area contributed by atoms with Gasteiger partial charge in [0, 0.05) is 20.9 Å². The zero-order valence-corrected chi connectivity index (χ0v) is 17.3. The molecule has 0 atom stereocenters. The predicted octanol–water partition coefficient (Wildman–Crippen LogP) is 7.22. The van der Waals surface area contributed by atoms with Crippen molar-refractivity contribution in [1.82, 2.24) is 4.40 Å². The number of hydrogen-bond donors (Lipinski definition) is 0. The van der Waals surface area contributed by atoms with Crippen LogP contribution >= 0.6 is 11.3 Å². The van der Waals surface area contributed by atoms with Crippen molar-refractivity contribution < 1.29 is 9.47 Å². The molecule has 0 unspecified atom stereocenters. The van der Waals surface area contributed by atoms with Gasteiger partial charge in [-0.25, -0.2) is 0 Å². The molecule has 4 heteroatoms. The van der Waals surface area contributed by atoms with Crippen LogP contribution in [0.1, 0.15) is 0 Å². The Morgan fingerprint density at radius 3 is 2.50 bits per heavy atom. The van der Waals surface area contributed by atoms with Crippen molar-refractivity contribution in [2.75, 3.05) is 14.2 Å². The SMILES string of the molecule is COc1ccc2cc3c4ccc(OC)c5c6sc7ccccc7c6n(c3cc2c1)c45. The van der Waals surface area contributed by atoms with Gasteiger partial charge in [0.25, 0.3) is 0 Å². The monoisotopic (exact) mass is 407 g/mol. The summed E-state index contributed by atoms with van der Waals surface area (Å²) in [7, 11) is 3.48. The summed E-state index contributed by atoms with van der Waals surface area (Å²) in [6.07, 6.45) is 0. The Morgan fingerprint density at radius 1 is 0.733 bits per heavy atom. The van der Waals surface area contributed by atoms with Gasteiger partial charge in [-0.1, -0.05) is 24.3 Å². The molecule has 0 bridgehead atoms. The molecule has 0 spiro atoms. The number of nitrogens with zero attached hydrogens (tertiary/aromatic N) is 1. The molecule has 0 saturated heterocycles. The lowest BCUT2D eigenvalue weighted by atomic mass is 10.0. The third kappa shape index (κ3) is 1.85. The minimum atomic E-state index is 0.878. The van der Waals surface area contributed by atoms with Crippen molar-refractivity contribution in [1.29, 1.82) is 0 Å². The van der Waals surface area contributed by atoms with Crippen LogP contribution in [-0.4, -0.2) is 18.6 Å². The summed E-state index contributed by atoms with van der Waals surface area (Å²) in [6, 6.07) is 23.9. The van der Waals surface area contributed by atoms with Crippen LogP contribution < -0.4 is 9.47 Å². The molecule has 0 aliphatic heterocycles. The molecule has 7 rings (SSSR count). The minimum absolute atomic E-state index is 0.878. The van der Waals surface area contributed by atoms with Crippen LogP contribution in [0.5, 0.6) is 11.5 Å². The lowest BCUT2D eigenvalue weighted by Gasteiger charge is -2.04. The highest BCUT2D eigenvalue weighted by molar-refractivity contribution is 7.26. The van der Waals surface area contributed by atoms with Crippen LogP contribution in [0.4, 0.5) is 0 Å². The summed E-state index contributed by atoms with van der Waals surface area (Å²) in [4.78, 5) is 0. The minimum Gasteiger partial charge on any atom is -0.497 e. The number of thiophene rings is 1. The molecule has 0 fully saturated rings. The topological polar surface area (TPSA) is 22.9 Å². The highest BCUT2D eigenvalue weighted by atomic mass is 32.1. The number of rotatable bonds is 2. The molecule has 144 valence electrons. The average Bonchev–Trinajstić information content (AvgIpc) is 3.42. The van der Waals surface area contributed by atoms with Gasteiger partial charge in [0.05, 0.1) is 40.9 Å². The zero-order chi connectivity index (χ0) is 20.0. The van der Waals surface area contributed by atoms with Crippen LogP contribution in [0.2, 0.25) is 0 Å². The van der Waals surface area contributed by atoms with Gasteiger partial charge in [-0.3, -0.25) is 0 Å². The first-order valence-electron chi connectivity index (χ1n) is 9.93. The Morgan fingerprint density at radius 2 is 1.63 bits per heavy atom. The first-order valence-corrected chi connectivity index (χ1v) is 10.8. The lowest BCUT2D eigenvalue weighted by molar-refractivity contribution is 0.415. The van der Waals surface area contributed by atoms with Gasteiger partial charge in [-0.05, 0) is 53.2 Å². The molecule has 4 aromatic carbocycles. The van der Waals surface area contributed by atoms with Crippen LogP contribution in [-0.2, 0) is 0 Å². The van der Waals surface area contributed by atoms with Crippen molar-refractivity contribution in [2.45, 2.75) is 0 Å². The summed E-state index contributed by atoms with van der Waals surface area (Å²) in [5, 5.41) is 7.45. The molecule has 0 amide bonds. The molecule has 0 radical (unpaired) electrons. The van der Waals surface area contributed by atoms with Gasteiger partial charge in [0.1, 0.15) is 11.5 Å². The Balaban J connectivity index is 1.81. The van der Waals surface area contributed by atoms with E-state index >= 15 is 0 Å². The number of ether oxygens (including phenoxy) is 2. The normalized spacial score (nSPS) is 12.3. The molecule has 3 nitrogen and oxygen atoms in total. The number of benzene rings is 4. The number of aromatic nitrogens is 1. The van der Waals surface area contributed by atoms with E-state index < -0.39 is 0 Å². The molecule has 7 aromatic rings. The third-order valence-corrected chi connectivity index (χ3v) is 7.47. The van der Waals surface area contributed by atoms with Gasteiger partial charge in [-0.15, -0.1) is 11.3 Å². The summed E-state index contributed by atoms with van der Waals surface area (Å²) < 4.78 is 16.3. The fraction of sp³-hybridized carbons (Fsp3) is 0.0769. The number of hydrogen-bond acceptors (Lipinski definition) is 3. The van der Waals surface area contributed by atoms with E-state index in [4.69, 9.17) is 9.47 Å². The maximum atomic E-state index is 5.81. The van der Waals surface area contributed by atoms with Crippen LogP contribution in [0.15, 0.2) is 66.7 Å². The summed E-state index contributed by atoms with van der Waals surface area (Å²) in [6.45, 7) is 0. The molecule has 3 heterocycles. The molecule has 0 aliphatic rings. The van der Waals surface area contributed by atoms with E-state index in [1.54, 1.807) is 14.2 Å². The lowest BCUT2D eigenvalue weighted by Crippen LogP contribution is -1.84. The second-order valence-corrected chi connectivity index (χ2v) is 8.78. The predicted molar refractivity (Wildman–Crippen MR) is 127 cm³/mol. The van der Waals surface area contributed by atoms with Gasteiger partial charge < -0.3 is 13.9 Å². The Bertz CT molecular complexity index is 1770. The average molecular weight is 407 g/mol. The molecule has 3 aromatic heterocycles. The summed E-state index contributed by atoms with van der Waals surface area (Å²) in [5.74, 6) is 1.81. The maximum absolute atomic E-state index is 5.81. The van der Waals surface area contributed by atoms with Gasteiger partial charge in [0.15, 0.2) is 0 Å². The van der Waals surface area contributed by atoms with Crippen molar-refractivity contribution >= 4 is 69.6 Å². The number of fused-ring (bicyclic) bond motifs is 9. The van der Waals surface area contributed by atoms with Crippen molar-refractivity contribution in [3.8, 4) is 11.5 Å². The second kappa shape index (κ2) is 5.55. The van der Waals surface area contributed by atoms with E-state index in [1.807, 2.05) is 17.4 Å². The fourth-order valence-electron chi connectivity index (χ4n) is 4.98. The third-order valence-electron chi connectivity index (χ3n) is 6.30. The molecule has 0 N–H and O–H groups in total. The quantitative estimate of drug-likeness (QED) is 0.302.